The van der Waals surface area contributed by atoms with Crippen LogP contribution in [0.3, 0.4) is 0 Å². The summed E-state index contributed by atoms with van der Waals surface area (Å²) >= 11 is 6.00. The van der Waals surface area contributed by atoms with Crippen LogP contribution in [0.5, 0.6) is 0 Å². The lowest BCUT2D eigenvalue weighted by atomic mass is 10.2. The molecule has 3 rings (SSSR count). The molecule has 0 aliphatic carbocycles. The zero-order valence-electron chi connectivity index (χ0n) is 14.4. The highest BCUT2D eigenvalue weighted by atomic mass is 35.5. The van der Waals surface area contributed by atoms with Crippen molar-refractivity contribution in [3.63, 3.8) is 0 Å². The number of nitrogens with one attached hydrogen (secondary N) is 1. The second-order valence-corrected chi connectivity index (χ2v) is 6.21. The first-order chi connectivity index (χ1) is 12.5. The van der Waals surface area contributed by atoms with Crippen molar-refractivity contribution in [3.8, 4) is 24.2 Å². The number of H-pyrrole nitrogens is 1. The van der Waals surface area contributed by atoms with Gasteiger partial charge in [-0.1, -0.05) is 35.4 Å². The van der Waals surface area contributed by atoms with Crippen LogP contribution in [-0.2, 0) is 6.54 Å². The zero-order chi connectivity index (χ0) is 18.8. The van der Waals surface area contributed by atoms with Crippen molar-refractivity contribution in [1.29, 1.82) is 0 Å². The number of hydrogen-bond acceptors (Lipinski definition) is 4. The smallest absolute Gasteiger partial charge is 0.330 e. The summed E-state index contributed by atoms with van der Waals surface area (Å²) in [4.78, 5) is 30.4. The zero-order valence-corrected chi connectivity index (χ0v) is 15.2. The Hall–Kier alpha value is -3.09. The molecule has 132 valence electrons. The summed E-state index contributed by atoms with van der Waals surface area (Å²) in [5.74, 6) is 9.27. The Bertz CT molecular complexity index is 1070. The molecule has 1 N–H and O–H groups in total. The quantitative estimate of drug-likeness (QED) is 0.816. The number of nitrogens with zero attached hydrogens (tertiary/aromatic N) is 3. The largest absolute Gasteiger partial charge is 0.337 e. The minimum absolute atomic E-state index is 0.217. The lowest BCUT2D eigenvalue weighted by Gasteiger charge is -2.25. The van der Waals surface area contributed by atoms with Crippen LogP contribution in [0, 0.1) is 24.2 Å². The summed E-state index contributed by atoms with van der Waals surface area (Å²) in [7, 11) is 1.76. The molecular weight excluding hydrogens is 352 g/mol. The minimum Gasteiger partial charge on any atom is -0.337 e. The van der Waals surface area contributed by atoms with Crippen molar-refractivity contribution >= 4 is 23.1 Å². The monoisotopic (exact) mass is 368 g/mol. The molecule has 0 fully saturated rings. The van der Waals surface area contributed by atoms with Crippen LogP contribution in [0.2, 0.25) is 5.02 Å². The fraction of sp³-hybridized carbons (Fsp3) is 0.263. The van der Waals surface area contributed by atoms with E-state index in [1.165, 1.54) is 4.57 Å². The van der Waals surface area contributed by atoms with E-state index < -0.39 is 17.4 Å². The topological polar surface area (TPSA) is 61.3 Å². The molecule has 1 unspecified atom stereocenters. The van der Waals surface area contributed by atoms with Crippen LogP contribution in [0.4, 0.5) is 11.5 Å². The Morgan fingerprint density at radius 3 is 2.77 bits per heavy atom. The van der Waals surface area contributed by atoms with Crippen LogP contribution in [0.1, 0.15) is 12.5 Å². The highest BCUT2D eigenvalue weighted by Crippen LogP contribution is 2.34. The molecule has 0 bridgehead atoms. The van der Waals surface area contributed by atoms with Crippen LogP contribution >= 0.6 is 11.6 Å². The van der Waals surface area contributed by atoms with Gasteiger partial charge >= 0.3 is 5.69 Å². The lowest BCUT2D eigenvalue weighted by Crippen LogP contribution is -2.41. The first kappa shape index (κ1) is 17.7. The average Bonchev–Trinajstić information content (AvgIpc) is 2.86. The predicted octanol–water partition coefficient (Wildman–Crippen LogP) is 1.48. The van der Waals surface area contributed by atoms with Gasteiger partial charge in [-0.3, -0.25) is 14.3 Å². The second kappa shape index (κ2) is 7.03. The second-order valence-electron chi connectivity index (χ2n) is 5.77. The van der Waals surface area contributed by atoms with Crippen LogP contribution in [0.25, 0.3) is 0 Å². The minimum atomic E-state index is -0.472. The fourth-order valence-electron chi connectivity index (χ4n) is 3.05. The highest BCUT2D eigenvalue weighted by molar-refractivity contribution is 6.30. The van der Waals surface area contributed by atoms with Gasteiger partial charge in [-0.15, -0.1) is 6.42 Å². The van der Waals surface area contributed by atoms with E-state index in [0.29, 0.717) is 23.1 Å². The average molecular weight is 369 g/mol. The number of anilines is 2. The lowest BCUT2D eigenvalue weighted by molar-refractivity contribution is 0.675. The van der Waals surface area contributed by atoms with Crippen molar-refractivity contribution < 1.29 is 0 Å². The Morgan fingerprint density at radius 1 is 1.35 bits per heavy atom. The van der Waals surface area contributed by atoms with E-state index >= 15 is 0 Å². The van der Waals surface area contributed by atoms with Gasteiger partial charge in [0.2, 0.25) is 0 Å². The number of hydrogen-bond donors (Lipinski definition) is 1. The van der Waals surface area contributed by atoms with E-state index in [-0.39, 0.29) is 6.54 Å². The molecule has 0 radical (unpaired) electrons. The van der Waals surface area contributed by atoms with Crippen LogP contribution < -0.4 is 21.0 Å². The molecule has 0 saturated carbocycles. The number of aromatic nitrogens is 2. The molecule has 0 saturated heterocycles. The first-order valence-electron chi connectivity index (χ1n) is 8.05. The maximum atomic E-state index is 12.4. The normalized spacial score (nSPS) is 15.2. The van der Waals surface area contributed by atoms with E-state index in [1.807, 2.05) is 19.1 Å². The van der Waals surface area contributed by atoms with E-state index in [9.17, 15) is 9.59 Å². The third-order valence-corrected chi connectivity index (χ3v) is 4.42. The summed E-state index contributed by atoms with van der Waals surface area (Å²) in [6.07, 6.45) is 5.05. The van der Waals surface area contributed by atoms with Gasteiger partial charge in [-0.2, -0.15) is 0 Å². The number of terminal acetylenes is 1. The number of aromatic amines is 1. The molecule has 1 aliphatic rings. The summed E-state index contributed by atoms with van der Waals surface area (Å²) < 4.78 is 1.49. The maximum Gasteiger partial charge on any atom is 0.330 e. The summed E-state index contributed by atoms with van der Waals surface area (Å²) in [6.45, 7) is 2.45. The van der Waals surface area contributed by atoms with Gasteiger partial charge in [0.25, 0.3) is 5.56 Å². The molecule has 1 atom stereocenters. The molecule has 0 amide bonds. The molecule has 0 spiro atoms. The van der Waals surface area contributed by atoms with Gasteiger partial charge in [-0.05, 0) is 25.1 Å². The van der Waals surface area contributed by atoms with Gasteiger partial charge in [0, 0.05) is 24.2 Å². The van der Waals surface area contributed by atoms with Crippen LogP contribution in [-0.4, -0.2) is 29.3 Å². The van der Waals surface area contributed by atoms with Gasteiger partial charge in [0.1, 0.15) is 11.5 Å². The van der Waals surface area contributed by atoms with Crippen molar-refractivity contribution in [1.82, 2.24) is 9.55 Å². The Morgan fingerprint density at radius 2 is 2.12 bits per heavy atom. The molecule has 26 heavy (non-hydrogen) atoms. The third kappa shape index (κ3) is 2.96. The van der Waals surface area contributed by atoms with Crippen molar-refractivity contribution in [2.24, 2.45) is 0 Å². The van der Waals surface area contributed by atoms with E-state index in [4.69, 9.17) is 18.0 Å². The van der Waals surface area contributed by atoms with E-state index in [1.54, 1.807) is 29.0 Å². The maximum absolute atomic E-state index is 12.4. The molecular formula is C19H17ClN4O2. The Labute approximate surface area is 156 Å². The predicted molar refractivity (Wildman–Crippen MR) is 104 cm³/mol. The SMILES string of the molecule is C#CCN1c2c(c(=O)[nH]c(=O)n2CC)N(C)C1C#Cc1cccc(Cl)c1. The van der Waals surface area contributed by atoms with Crippen molar-refractivity contribution in [2.75, 3.05) is 23.4 Å². The van der Waals surface area contributed by atoms with Crippen molar-refractivity contribution in [2.45, 2.75) is 19.6 Å². The van der Waals surface area contributed by atoms with E-state index in [2.05, 4.69) is 22.7 Å². The molecule has 2 heterocycles. The number of rotatable bonds is 2. The number of benzene rings is 1. The number of halogens is 1. The summed E-state index contributed by atoms with van der Waals surface area (Å²) in [5.41, 5.74) is 0.220. The number of fused-ring (bicyclic) bond motifs is 1. The van der Waals surface area contributed by atoms with Gasteiger partial charge < -0.3 is 9.80 Å². The standard InChI is InChI=1S/C19H17ClN4O2/c1-4-11-24-15(10-9-13-7-6-8-14(20)12-13)22(3)16-17(25)21-19(26)23(5-2)18(16)24/h1,6-8,12,15H,5,11H2,2-3H3,(H,21,25,26). The highest BCUT2D eigenvalue weighted by Gasteiger charge is 2.37. The summed E-state index contributed by atoms with van der Waals surface area (Å²) in [6, 6.07) is 7.20. The molecule has 1 aliphatic heterocycles. The van der Waals surface area contributed by atoms with Gasteiger partial charge in [-0.25, -0.2) is 4.79 Å². The molecule has 1 aromatic carbocycles. The van der Waals surface area contributed by atoms with Gasteiger partial charge in [0.05, 0.1) is 6.54 Å². The van der Waals surface area contributed by atoms with Gasteiger partial charge in [0.15, 0.2) is 6.17 Å². The molecule has 7 heteroatoms. The Balaban J connectivity index is 2.14. The van der Waals surface area contributed by atoms with Crippen LogP contribution in [0.15, 0.2) is 33.9 Å². The molecule has 2 aromatic rings. The van der Waals surface area contributed by atoms with Crippen molar-refractivity contribution in [3.05, 3.63) is 55.7 Å². The third-order valence-electron chi connectivity index (χ3n) is 4.18. The molecule has 1 aromatic heterocycles. The fourth-order valence-corrected chi connectivity index (χ4v) is 3.24. The molecule has 6 nitrogen and oxygen atoms in total. The summed E-state index contributed by atoms with van der Waals surface area (Å²) in [5, 5.41) is 0.594. The van der Waals surface area contributed by atoms with E-state index in [0.717, 1.165) is 5.56 Å². The first-order valence-corrected chi connectivity index (χ1v) is 8.43. The Kier molecular flexibility index (Phi) is 4.79.